The zero-order chi connectivity index (χ0) is 17.6. The zero-order valence-electron chi connectivity index (χ0n) is 12.9. The molecule has 0 atom stereocenters. The number of benzene rings is 2. The number of hydrogen-bond donors (Lipinski definition) is 1. The van der Waals surface area contributed by atoms with Crippen LogP contribution in [0.25, 0.3) is 0 Å². The van der Waals surface area contributed by atoms with Gasteiger partial charge in [0, 0.05) is 28.5 Å². The first-order valence-electron chi connectivity index (χ1n) is 7.34. The lowest BCUT2D eigenvalue weighted by molar-refractivity contribution is 0.102. The number of carbonyl (C=O) groups excluding carboxylic acids is 1. The number of nitrogens with one attached hydrogen (secondary N) is 1. The third-order valence-electron chi connectivity index (χ3n) is 3.25. The van der Waals surface area contributed by atoms with E-state index in [1.807, 2.05) is 6.07 Å². The maximum Gasteiger partial charge on any atom is 0.255 e. The maximum atomic E-state index is 12.3. The van der Waals surface area contributed by atoms with E-state index in [4.69, 9.17) is 21.6 Å². The summed E-state index contributed by atoms with van der Waals surface area (Å²) in [5.74, 6) is 0.692. The molecule has 6 heteroatoms. The molecule has 1 N–H and O–H groups in total. The van der Waals surface area contributed by atoms with Crippen molar-refractivity contribution in [1.82, 2.24) is 4.98 Å². The SMILES string of the molecule is N#Cc1cccc(C(=O)Nc2cc(Cl)cc(Oc3cccnc3)c2)c1. The fraction of sp³-hybridized carbons (Fsp3) is 0. The van der Waals surface area contributed by atoms with E-state index in [2.05, 4.69) is 10.3 Å². The average molecular weight is 350 g/mol. The number of ether oxygens (including phenoxy) is 1. The molecule has 25 heavy (non-hydrogen) atoms. The largest absolute Gasteiger partial charge is 0.456 e. The van der Waals surface area contributed by atoms with Crippen LogP contribution in [-0.2, 0) is 0 Å². The van der Waals surface area contributed by atoms with Crippen molar-refractivity contribution >= 4 is 23.2 Å². The number of anilines is 1. The highest BCUT2D eigenvalue weighted by molar-refractivity contribution is 6.31. The quantitative estimate of drug-likeness (QED) is 0.743. The van der Waals surface area contributed by atoms with Crippen LogP contribution in [0.2, 0.25) is 5.02 Å². The molecule has 2 aromatic carbocycles. The fourth-order valence-electron chi connectivity index (χ4n) is 2.17. The summed E-state index contributed by atoms with van der Waals surface area (Å²) in [4.78, 5) is 16.3. The average Bonchev–Trinajstić information content (AvgIpc) is 2.62. The summed E-state index contributed by atoms with van der Waals surface area (Å²) in [5.41, 5.74) is 1.28. The number of hydrogen-bond acceptors (Lipinski definition) is 4. The third-order valence-corrected chi connectivity index (χ3v) is 3.47. The summed E-state index contributed by atoms with van der Waals surface area (Å²) in [6.07, 6.45) is 3.22. The Bertz CT molecular complexity index is 952. The third kappa shape index (κ3) is 4.34. The van der Waals surface area contributed by atoms with E-state index in [-0.39, 0.29) is 5.91 Å². The minimum atomic E-state index is -0.341. The predicted molar refractivity (Wildman–Crippen MR) is 94.9 cm³/mol. The van der Waals surface area contributed by atoms with Crippen LogP contribution in [0, 0.1) is 11.3 Å². The van der Waals surface area contributed by atoms with Gasteiger partial charge >= 0.3 is 0 Å². The van der Waals surface area contributed by atoms with Gasteiger partial charge in [-0.2, -0.15) is 5.26 Å². The van der Waals surface area contributed by atoms with E-state index in [1.54, 1.807) is 60.9 Å². The zero-order valence-corrected chi connectivity index (χ0v) is 13.7. The van der Waals surface area contributed by atoms with Crippen LogP contribution in [0.4, 0.5) is 5.69 Å². The fourth-order valence-corrected chi connectivity index (χ4v) is 2.40. The molecule has 1 aromatic heterocycles. The van der Waals surface area contributed by atoms with Crippen molar-refractivity contribution in [1.29, 1.82) is 5.26 Å². The summed E-state index contributed by atoms with van der Waals surface area (Å²) in [6, 6.07) is 16.9. The molecule has 5 nitrogen and oxygen atoms in total. The highest BCUT2D eigenvalue weighted by Gasteiger charge is 2.09. The molecule has 0 aliphatic rings. The molecular weight excluding hydrogens is 338 g/mol. The first-order chi connectivity index (χ1) is 12.1. The molecule has 0 bridgehead atoms. The number of halogens is 1. The lowest BCUT2D eigenvalue weighted by Gasteiger charge is -2.10. The van der Waals surface area contributed by atoms with Gasteiger partial charge in [0.05, 0.1) is 17.8 Å². The molecule has 1 heterocycles. The summed E-state index contributed by atoms with van der Waals surface area (Å²) < 4.78 is 5.68. The molecule has 3 rings (SSSR count). The van der Waals surface area contributed by atoms with E-state index in [1.165, 1.54) is 6.07 Å². The van der Waals surface area contributed by atoms with E-state index < -0.39 is 0 Å². The Balaban J connectivity index is 1.80. The maximum absolute atomic E-state index is 12.3. The van der Waals surface area contributed by atoms with Crippen LogP contribution in [0.15, 0.2) is 67.0 Å². The molecule has 0 fully saturated rings. The van der Waals surface area contributed by atoms with Crippen LogP contribution in [0.3, 0.4) is 0 Å². The van der Waals surface area contributed by atoms with Crippen molar-refractivity contribution in [3.8, 4) is 17.6 Å². The molecule has 0 saturated carbocycles. The molecule has 0 saturated heterocycles. The highest BCUT2D eigenvalue weighted by Crippen LogP contribution is 2.28. The van der Waals surface area contributed by atoms with E-state index in [0.717, 1.165) is 0 Å². The van der Waals surface area contributed by atoms with Gasteiger partial charge in [-0.3, -0.25) is 9.78 Å². The van der Waals surface area contributed by atoms with Gasteiger partial charge in [0.15, 0.2) is 0 Å². The van der Waals surface area contributed by atoms with Crippen molar-refractivity contribution in [2.24, 2.45) is 0 Å². The minimum Gasteiger partial charge on any atom is -0.456 e. The van der Waals surface area contributed by atoms with Gasteiger partial charge in [0.2, 0.25) is 0 Å². The second kappa shape index (κ2) is 7.47. The number of nitrogens with zero attached hydrogens (tertiary/aromatic N) is 2. The number of pyridine rings is 1. The van der Waals surface area contributed by atoms with Gasteiger partial charge in [-0.1, -0.05) is 17.7 Å². The Hall–Kier alpha value is -3.36. The Morgan fingerprint density at radius 1 is 1.12 bits per heavy atom. The van der Waals surface area contributed by atoms with Crippen LogP contribution < -0.4 is 10.1 Å². The standard InChI is InChI=1S/C19H12ClN3O2/c20-15-8-16(10-18(9-15)25-17-5-2-6-22-12-17)23-19(24)14-4-1-3-13(7-14)11-21/h1-10,12H,(H,23,24). The van der Waals surface area contributed by atoms with Gasteiger partial charge in [-0.25, -0.2) is 0 Å². The molecule has 0 unspecified atom stereocenters. The molecule has 0 aliphatic carbocycles. The number of nitriles is 1. The van der Waals surface area contributed by atoms with E-state index in [0.29, 0.717) is 33.3 Å². The van der Waals surface area contributed by atoms with Crippen LogP contribution in [-0.4, -0.2) is 10.9 Å². The van der Waals surface area contributed by atoms with Gasteiger partial charge in [-0.15, -0.1) is 0 Å². The van der Waals surface area contributed by atoms with Crippen LogP contribution >= 0.6 is 11.6 Å². The smallest absolute Gasteiger partial charge is 0.255 e. The molecule has 0 aliphatic heterocycles. The topological polar surface area (TPSA) is 75.0 Å². The highest BCUT2D eigenvalue weighted by atomic mass is 35.5. The Labute approximate surface area is 149 Å². The van der Waals surface area contributed by atoms with Gasteiger partial charge in [0.1, 0.15) is 11.5 Å². The lowest BCUT2D eigenvalue weighted by atomic mass is 10.1. The second-order valence-corrected chi connectivity index (χ2v) is 5.55. The predicted octanol–water partition coefficient (Wildman–Crippen LogP) is 4.65. The summed E-state index contributed by atoms with van der Waals surface area (Å²) in [7, 11) is 0. The first kappa shape index (κ1) is 16.5. The lowest BCUT2D eigenvalue weighted by Crippen LogP contribution is -2.12. The Morgan fingerprint density at radius 3 is 2.76 bits per heavy atom. The normalized spacial score (nSPS) is 9.92. The summed E-state index contributed by atoms with van der Waals surface area (Å²) in [6.45, 7) is 0. The first-order valence-corrected chi connectivity index (χ1v) is 7.72. The minimum absolute atomic E-state index is 0.341. The van der Waals surface area contributed by atoms with Crippen LogP contribution in [0.1, 0.15) is 15.9 Å². The second-order valence-electron chi connectivity index (χ2n) is 5.11. The number of carbonyl (C=O) groups is 1. The van der Waals surface area contributed by atoms with Crippen molar-refractivity contribution in [3.05, 3.63) is 83.1 Å². The van der Waals surface area contributed by atoms with Gasteiger partial charge in [-0.05, 0) is 42.5 Å². The van der Waals surface area contributed by atoms with E-state index in [9.17, 15) is 4.79 Å². The summed E-state index contributed by atoms with van der Waals surface area (Å²) >= 11 is 6.10. The molecular formula is C19H12ClN3O2. The van der Waals surface area contributed by atoms with Crippen molar-refractivity contribution in [2.75, 3.05) is 5.32 Å². The van der Waals surface area contributed by atoms with Crippen molar-refractivity contribution in [3.63, 3.8) is 0 Å². The molecule has 0 radical (unpaired) electrons. The number of rotatable bonds is 4. The Morgan fingerprint density at radius 2 is 2.00 bits per heavy atom. The van der Waals surface area contributed by atoms with Gasteiger partial charge < -0.3 is 10.1 Å². The Kier molecular flexibility index (Phi) is 4.93. The molecule has 3 aromatic rings. The van der Waals surface area contributed by atoms with Crippen molar-refractivity contribution in [2.45, 2.75) is 0 Å². The number of amides is 1. The van der Waals surface area contributed by atoms with Gasteiger partial charge in [0.25, 0.3) is 5.91 Å². The molecule has 122 valence electrons. The molecule has 0 spiro atoms. The van der Waals surface area contributed by atoms with E-state index >= 15 is 0 Å². The number of aromatic nitrogens is 1. The monoisotopic (exact) mass is 349 g/mol. The van der Waals surface area contributed by atoms with Crippen LogP contribution in [0.5, 0.6) is 11.5 Å². The summed E-state index contributed by atoms with van der Waals surface area (Å²) in [5, 5.41) is 12.1. The van der Waals surface area contributed by atoms with Crippen molar-refractivity contribution < 1.29 is 9.53 Å². The molecule has 1 amide bonds.